The molecule has 0 radical (unpaired) electrons. The zero-order chi connectivity index (χ0) is 18.4. The van der Waals surface area contributed by atoms with Crippen molar-refractivity contribution in [2.45, 2.75) is 0 Å². The first-order chi connectivity index (χ1) is 12.0. The Kier molecular flexibility index (Phi) is 5.58. The molecule has 0 unspecified atom stereocenters. The number of ether oxygens (including phenoxy) is 3. The number of carbonyl (C=O) groups is 2. The van der Waals surface area contributed by atoms with Gasteiger partial charge in [0.1, 0.15) is 0 Å². The van der Waals surface area contributed by atoms with Crippen LogP contribution in [-0.2, 0) is 4.74 Å². The molecular formula is C18H16N2O5. The summed E-state index contributed by atoms with van der Waals surface area (Å²) in [6.45, 7) is 0. The maximum Gasteiger partial charge on any atom is 0.340 e. The van der Waals surface area contributed by atoms with Gasteiger partial charge in [0.15, 0.2) is 11.5 Å². The number of amides is 1. The summed E-state index contributed by atoms with van der Waals surface area (Å²) in [4.78, 5) is 24.4. The molecule has 7 heteroatoms. The van der Waals surface area contributed by atoms with Crippen LogP contribution in [0.4, 0.5) is 5.69 Å². The standard InChI is InChI=1S/C18H16N2O5/c1-23-15-8-13(18(22)25-3)14(9-16(15)24-2)20-17(21)12-6-4-11(10-19)5-7-12/h4-9H,1-3H3,(H,20,21). The Morgan fingerprint density at radius 2 is 1.60 bits per heavy atom. The van der Waals surface area contributed by atoms with E-state index in [4.69, 9.17) is 19.5 Å². The number of esters is 1. The van der Waals surface area contributed by atoms with Crippen molar-refractivity contribution in [1.29, 1.82) is 5.26 Å². The van der Waals surface area contributed by atoms with Gasteiger partial charge in [-0.25, -0.2) is 4.79 Å². The minimum Gasteiger partial charge on any atom is -0.493 e. The highest BCUT2D eigenvalue weighted by atomic mass is 16.5. The van der Waals surface area contributed by atoms with Gasteiger partial charge in [-0.2, -0.15) is 5.26 Å². The molecule has 128 valence electrons. The monoisotopic (exact) mass is 340 g/mol. The molecule has 0 aromatic heterocycles. The minimum absolute atomic E-state index is 0.127. The molecule has 0 aliphatic rings. The Morgan fingerprint density at radius 1 is 1.00 bits per heavy atom. The van der Waals surface area contributed by atoms with Gasteiger partial charge in [0.2, 0.25) is 0 Å². The lowest BCUT2D eigenvalue weighted by Crippen LogP contribution is -2.16. The first-order valence-corrected chi connectivity index (χ1v) is 7.20. The van der Waals surface area contributed by atoms with Crippen molar-refractivity contribution in [2.75, 3.05) is 26.6 Å². The van der Waals surface area contributed by atoms with Gasteiger partial charge in [0.25, 0.3) is 5.91 Å². The summed E-state index contributed by atoms with van der Waals surface area (Å²) in [5.74, 6) is -0.387. The fourth-order valence-electron chi connectivity index (χ4n) is 2.15. The molecule has 1 amide bonds. The number of hydrogen-bond acceptors (Lipinski definition) is 6. The molecule has 0 atom stereocenters. The van der Waals surface area contributed by atoms with Crippen LogP contribution in [0.25, 0.3) is 0 Å². The van der Waals surface area contributed by atoms with Crippen LogP contribution in [0.5, 0.6) is 11.5 Å². The first-order valence-electron chi connectivity index (χ1n) is 7.20. The van der Waals surface area contributed by atoms with Crippen LogP contribution in [0, 0.1) is 11.3 Å². The number of nitrogens with zero attached hydrogens (tertiary/aromatic N) is 1. The van der Waals surface area contributed by atoms with E-state index in [0.717, 1.165) is 0 Å². The minimum atomic E-state index is -0.629. The number of nitrogens with one attached hydrogen (secondary N) is 1. The van der Waals surface area contributed by atoms with Gasteiger partial charge in [-0.15, -0.1) is 0 Å². The highest BCUT2D eigenvalue weighted by Crippen LogP contribution is 2.34. The molecule has 2 aromatic carbocycles. The highest BCUT2D eigenvalue weighted by molar-refractivity contribution is 6.08. The van der Waals surface area contributed by atoms with Crippen molar-refractivity contribution in [3.8, 4) is 17.6 Å². The lowest BCUT2D eigenvalue weighted by atomic mass is 10.1. The van der Waals surface area contributed by atoms with Crippen LogP contribution in [0.15, 0.2) is 36.4 Å². The van der Waals surface area contributed by atoms with Crippen molar-refractivity contribution in [2.24, 2.45) is 0 Å². The van der Waals surface area contributed by atoms with Crippen molar-refractivity contribution in [3.63, 3.8) is 0 Å². The lowest BCUT2D eigenvalue weighted by Gasteiger charge is -2.14. The van der Waals surface area contributed by atoms with E-state index in [1.165, 1.54) is 57.7 Å². The van der Waals surface area contributed by atoms with Gasteiger partial charge in [-0.3, -0.25) is 4.79 Å². The zero-order valence-electron chi connectivity index (χ0n) is 14.0. The Balaban J connectivity index is 2.40. The second kappa shape index (κ2) is 7.84. The van der Waals surface area contributed by atoms with Crippen LogP contribution in [0.2, 0.25) is 0 Å². The van der Waals surface area contributed by atoms with Crippen LogP contribution in [0.3, 0.4) is 0 Å². The fraction of sp³-hybridized carbons (Fsp3) is 0.167. The van der Waals surface area contributed by atoms with Crippen LogP contribution in [0.1, 0.15) is 26.3 Å². The molecule has 0 heterocycles. The first kappa shape index (κ1) is 17.8. The van der Waals surface area contributed by atoms with Gasteiger partial charge in [-0.05, 0) is 24.3 Å². The number of rotatable bonds is 5. The second-order valence-electron chi connectivity index (χ2n) is 4.89. The van der Waals surface area contributed by atoms with Crippen molar-refractivity contribution in [3.05, 3.63) is 53.1 Å². The number of carbonyl (C=O) groups excluding carboxylic acids is 2. The van der Waals surface area contributed by atoms with Crippen molar-refractivity contribution >= 4 is 17.6 Å². The fourth-order valence-corrected chi connectivity index (χ4v) is 2.15. The van der Waals surface area contributed by atoms with E-state index in [2.05, 4.69) is 5.32 Å². The molecule has 1 N–H and O–H groups in total. The van der Waals surface area contributed by atoms with Gasteiger partial charge in [0, 0.05) is 17.7 Å². The summed E-state index contributed by atoms with van der Waals surface area (Å²) in [6, 6.07) is 11.0. The molecule has 0 fully saturated rings. The molecule has 0 saturated carbocycles. The second-order valence-corrected chi connectivity index (χ2v) is 4.89. The van der Waals surface area contributed by atoms with Crippen LogP contribution in [-0.4, -0.2) is 33.2 Å². The molecule has 0 aliphatic carbocycles. The molecular weight excluding hydrogens is 324 g/mol. The lowest BCUT2D eigenvalue weighted by molar-refractivity contribution is 0.0601. The molecule has 0 bridgehead atoms. The topological polar surface area (TPSA) is 97.7 Å². The summed E-state index contributed by atoms with van der Waals surface area (Å²) in [6.07, 6.45) is 0. The highest BCUT2D eigenvalue weighted by Gasteiger charge is 2.19. The Hall–Kier alpha value is -3.53. The van der Waals surface area contributed by atoms with E-state index < -0.39 is 11.9 Å². The smallest absolute Gasteiger partial charge is 0.340 e. The van der Waals surface area contributed by atoms with Crippen LogP contribution < -0.4 is 14.8 Å². The van der Waals surface area contributed by atoms with Gasteiger partial charge in [-0.1, -0.05) is 0 Å². The Labute approximate surface area is 144 Å². The molecule has 2 aromatic rings. The van der Waals surface area contributed by atoms with E-state index >= 15 is 0 Å². The predicted octanol–water partition coefficient (Wildman–Crippen LogP) is 2.61. The van der Waals surface area contributed by atoms with Gasteiger partial charge in [0.05, 0.1) is 44.2 Å². The molecule has 7 nitrogen and oxygen atoms in total. The van der Waals surface area contributed by atoms with Crippen molar-refractivity contribution in [1.82, 2.24) is 0 Å². The van der Waals surface area contributed by atoms with E-state index in [-0.39, 0.29) is 11.3 Å². The molecule has 2 rings (SSSR count). The number of hydrogen-bond donors (Lipinski definition) is 1. The summed E-state index contributed by atoms with van der Waals surface area (Å²) >= 11 is 0. The predicted molar refractivity (Wildman–Crippen MR) is 90.0 cm³/mol. The molecule has 0 aliphatic heterocycles. The van der Waals surface area contributed by atoms with E-state index in [9.17, 15) is 9.59 Å². The maximum atomic E-state index is 12.4. The average molecular weight is 340 g/mol. The van der Waals surface area contributed by atoms with E-state index in [1.54, 1.807) is 0 Å². The Morgan fingerprint density at radius 3 is 2.12 bits per heavy atom. The van der Waals surface area contributed by atoms with Crippen molar-refractivity contribution < 1.29 is 23.8 Å². The summed E-state index contributed by atoms with van der Waals surface area (Å²) in [5.41, 5.74) is 1.13. The zero-order valence-corrected chi connectivity index (χ0v) is 14.0. The third kappa shape index (κ3) is 3.87. The van der Waals surface area contributed by atoms with Crippen LogP contribution >= 0.6 is 0 Å². The quantitative estimate of drug-likeness (QED) is 0.840. The third-order valence-electron chi connectivity index (χ3n) is 3.45. The third-order valence-corrected chi connectivity index (χ3v) is 3.45. The summed E-state index contributed by atoms with van der Waals surface area (Å²) < 4.78 is 15.1. The Bertz CT molecular complexity index is 838. The normalized spacial score (nSPS) is 9.68. The number of nitriles is 1. The molecule has 0 saturated heterocycles. The average Bonchev–Trinajstić information content (AvgIpc) is 2.66. The number of anilines is 1. The van der Waals surface area contributed by atoms with E-state index in [1.807, 2.05) is 6.07 Å². The largest absolute Gasteiger partial charge is 0.493 e. The summed E-state index contributed by atoms with van der Waals surface area (Å²) in [7, 11) is 4.13. The molecule has 0 spiro atoms. The summed E-state index contributed by atoms with van der Waals surface area (Å²) in [5, 5.41) is 11.5. The van der Waals surface area contributed by atoms with E-state index in [0.29, 0.717) is 22.6 Å². The number of benzene rings is 2. The molecule has 25 heavy (non-hydrogen) atoms. The van der Waals surface area contributed by atoms with Gasteiger partial charge < -0.3 is 19.5 Å². The SMILES string of the molecule is COC(=O)c1cc(OC)c(OC)cc1NC(=O)c1ccc(C#N)cc1. The number of methoxy groups -OCH3 is 3. The maximum absolute atomic E-state index is 12.4. The van der Waals surface area contributed by atoms with Gasteiger partial charge >= 0.3 is 5.97 Å².